The van der Waals surface area contributed by atoms with Crippen LogP contribution >= 0.6 is 15.9 Å². The second-order valence-corrected chi connectivity index (χ2v) is 4.47. The zero-order valence-electron chi connectivity index (χ0n) is 9.65. The van der Waals surface area contributed by atoms with E-state index in [1.54, 1.807) is 12.1 Å². The number of phenolic OH excluding ortho intramolecular Hbond substituents is 1. The summed E-state index contributed by atoms with van der Waals surface area (Å²) < 4.78 is 0.703. The molecule has 0 saturated carbocycles. The molecule has 102 valence electrons. The van der Waals surface area contributed by atoms with Crippen LogP contribution in [-0.2, 0) is 9.59 Å². The van der Waals surface area contributed by atoms with E-state index in [1.807, 2.05) is 0 Å². The minimum absolute atomic E-state index is 0.0439. The summed E-state index contributed by atoms with van der Waals surface area (Å²) in [4.78, 5) is 21.1. The predicted molar refractivity (Wildman–Crippen MR) is 70.2 cm³/mol. The topological polar surface area (TPSA) is 110 Å². The van der Waals surface area contributed by atoms with Gasteiger partial charge in [-0.05, 0) is 18.2 Å². The molecule has 0 heterocycles. The van der Waals surface area contributed by atoms with Gasteiger partial charge >= 0.3 is 11.9 Å². The fourth-order valence-corrected chi connectivity index (χ4v) is 1.60. The van der Waals surface area contributed by atoms with Gasteiger partial charge < -0.3 is 15.3 Å². The highest BCUT2D eigenvalue weighted by Gasteiger charge is 2.10. The van der Waals surface area contributed by atoms with Gasteiger partial charge in [-0.15, -0.1) is 0 Å². The van der Waals surface area contributed by atoms with E-state index in [4.69, 9.17) is 10.2 Å². The van der Waals surface area contributed by atoms with Crippen molar-refractivity contribution in [2.75, 3.05) is 13.1 Å². The van der Waals surface area contributed by atoms with E-state index in [9.17, 15) is 14.7 Å². The molecule has 7 nitrogen and oxygen atoms in total. The summed E-state index contributed by atoms with van der Waals surface area (Å²) in [6.07, 6.45) is 1.20. The minimum atomic E-state index is -1.20. The molecule has 0 amide bonds. The molecular weight excluding hydrogens is 320 g/mol. The Bertz CT molecular complexity index is 502. The summed E-state index contributed by atoms with van der Waals surface area (Å²) in [6.45, 7) is -1.09. The van der Waals surface area contributed by atoms with Crippen LogP contribution in [0.4, 0.5) is 0 Å². The average molecular weight is 331 g/mol. The molecule has 0 saturated heterocycles. The number of hydrogen-bond donors (Lipinski definition) is 3. The zero-order chi connectivity index (χ0) is 14.4. The predicted octanol–water partition coefficient (Wildman–Crippen LogP) is 0.960. The van der Waals surface area contributed by atoms with Crippen molar-refractivity contribution in [3.63, 3.8) is 0 Å². The second kappa shape index (κ2) is 6.74. The van der Waals surface area contributed by atoms with Crippen LogP contribution in [0, 0.1) is 0 Å². The molecule has 0 aliphatic heterocycles. The molecule has 0 aromatic heterocycles. The molecule has 0 fully saturated rings. The highest BCUT2D eigenvalue weighted by atomic mass is 79.9. The van der Waals surface area contributed by atoms with Crippen LogP contribution in [0.1, 0.15) is 5.56 Å². The van der Waals surface area contributed by atoms with Gasteiger partial charge in [-0.1, -0.05) is 15.9 Å². The van der Waals surface area contributed by atoms with Crippen LogP contribution in [0.3, 0.4) is 0 Å². The number of aliphatic carboxylic acids is 2. The van der Waals surface area contributed by atoms with Crippen molar-refractivity contribution in [1.82, 2.24) is 5.01 Å². The molecule has 1 aromatic carbocycles. The Labute approximate surface area is 116 Å². The van der Waals surface area contributed by atoms with Gasteiger partial charge in [0.15, 0.2) is 0 Å². The molecule has 0 aliphatic carbocycles. The van der Waals surface area contributed by atoms with E-state index in [1.165, 1.54) is 12.3 Å². The third kappa shape index (κ3) is 5.38. The number of halogens is 1. The Morgan fingerprint density at radius 2 is 1.84 bits per heavy atom. The largest absolute Gasteiger partial charge is 0.507 e. The third-order valence-corrected chi connectivity index (χ3v) is 2.48. The molecule has 1 rings (SSSR count). The third-order valence-electron chi connectivity index (χ3n) is 1.99. The average Bonchev–Trinajstić information content (AvgIpc) is 2.28. The van der Waals surface area contributed by atoms with Gasteiger partial charge in [0.05, 0.1) is 6.21 Å². The van der Waals surface area contributed by atoms with Gasteiger partial charge in [-0.3, -0.25) is 14.6 Å². The lowest BCUT2D eigenvalue weighted by molar-refractivity contribution is -0.141. The molecule has 0 atom stereocenters. The molecule has 3 N–H and O–H groups in total. The van der Waals surface area contributed by atoms with Crippen molar-refractivity contribution in [1.29, 1.82) is 0 Å². The fraction of sp³-hybridized carbons (Fsp3) is 0.182. The molecule has 19 heavy (non-hydrogen) atoms. The van der Waals surface area contributed by atoms with Gasteiger partial charge in [-0.2, -0.15) is 5.10 Å². The summed E-state index contributed by atoms with van der Waals surface area (Å²) in [5, 5.41) is 31.4. The number of rotatable bonds is 6. The number of hydrogen-bond acceptors (Lipinski definition) is 5. The zero-order valence-corrected chi connectivity index (χ0v) is 11.2. The van der Waals surface area contributed by atoms with E-state index in [0.29, 0.717) is 10.0 Å². The highest BCUT2D eigenvalue weighted by molar-refractivity contribution is 9.10. The number of carboxylic acids is 2. The van der Waals surface area contributed by atoms with Crippen LogP contribution in [0.25, 0.3) is 0 Å². The van der Waals surface area contributed by atoms with E-state index >= 15 is 0 Å². The summed E-state index contributed by atoms with van der Waals surface area (Å²) in [5.74, 6) is -2.44. The van der Waals surface area contributed by atoms with E-state index < -0.39 is 25.0 Å². The number of hydrazone groups is 1. The summed E-state index contributed by atoms with van der Waals surface area (Å²) in [6, 6.07) is 4.63. The highest BCUT2D eigenvalue weighted by Crippen LogP contribution is 2.20. The van der Waals surface area contributed by atoms with Crippen LogP contribution in [0.5, 0.6) is 5.75 Å². The lowest BCUT2D eigenvalue weighted by Crippen LogP contribution is -2.30. The van der Waals surface area contributed by atoms with Crippen molar-refractivity contribution < 1.29 is 24.9 Å². The van der Waals surface area contributed by atoms with Crippen molar-refractivity contribution in [3.05, 3.63) is 28.2 Å². The van der Waals surface area contributed by atoms with Gasteiger partial charge in [0.1, 0.15) is 18.8 Å². The Balaban J connectivity index is 2.87. The smallest absolute Gasteiger partial charge is 0.324 e. The Morgan fingerprint density at radius 3 is 2.37 bits per heavy atom. The normalized spacial score (nSPS) is 10.6. The molecule has 0 bridgehead atoms. The van der Waals surface area contributed by atoms with Gasteiger partial charge in [0, 0.05) is 10.0 Å². The summed E-state index contributed by atoms with van der Waals surface area (Å²) >= 11 is 3.21. The Hall–Kier alpha value is -2.09. The second-order valence-electron chi connectivity index (χ2n) is 3.56. The number of carboxylic acid groups (broad SMARTS) is 2. The molecule has 0 aliphatic rings. The van der Waals surface area contributed by atoms with Crippen molar-refractivity contribution in [3.8, 4) is 5.75 Å². The van der Waals surface area contributed by atoms with Gasteiger partial charge in [0.2, 0.25) is 0 Å². The summed E-state index contributed by atoms with van der Waals surface area (Å²) in [5.41, 5.74) is 0.343. The minimum Gasteiger partial charge on any atom is -0.507 e. The number of nitrogens with zero attached hydrogens (tertiary/aromatic N) is 2. The first kappa shape index (κ1) is 15.0. The van der Waals surface area contributed by atoms with Crippen molar-refractivity contribution >= 4 is 34.1 Å². The Morgan fingerprint density at radius 1 is 1.26 bits per heavy atom. The first-order chi connectivity index (χ1) is 8.88. The quantitative estimate of drug-likeness (QED) is 0.529. The molecular formula is C11H11BrN2O5. The van der Waals surface area contributed by atoms with Gasteiger partial charge in [-0.25, -0.2) is 0 Å². The van der Waals surface area contributed by atoms with Crippen molar-refractivity contribution in [2.45, 2.75) is 0 Å². The monoisotopic (exact) mass is 330 g/mol. The Kier molecular flexibility index (Phi) is 5.31. The maximum absolute atomic E-state index is 10.6. The number of carbonyl (C=O) groups is 2. The molecule has 0 radical (unpaired) electrons. The standard InChI is InChI=1S/C11H11BrN2O5/c12-8-1-2-9(15)7(3-8)4-13-14(5-10(16)17)6-11(18)19/h1-4,15H,5-6H2,(H,16,17)(H,18,19)/b13-4-. The first-order valence-corrected chi connectivity index (χ1v) is 5.89. The number of aromatic hydroxyl groups is 1. The molecule has 0 spiro atoms. The van der Waals surface area contributed by atoms with Crippen molar-refractivity contribution in [2.24, 2.45) is 5.10 Å². The maximum Gasteiger partial charge on any atom is 0.324 e. The van der Waals surface area contributed by atoms with E-state index in [2.05, 4.69) is 21.0 Å². The SMILES string of the molecule is O=C(O)CN(CC(=O)O)/N=C\c1cc(Br)ccc1O. The van der Waals surface area contributed by atoms with Crippen LogP contribution < -0.4 is 0 Å². The molecule has 8 heteroatoms. The van der Waals surface area contributed by atoms with Crippen LogP contribution in [0.2, 0.25) is 0 Å². The van der Waals surface area contributed by atoms with Gasteiger partial charge in [0.25, 0.3) is 0 Å². The van der Waals surface area contributed by atoms with E-state index in [0.717, 1.165) is 5.01 Å². The number of benzene rings is 1. The molecule has 0 unspecified atom stereocenters. The van der Waals surface area contributed by atoms with Crippen LogP contribution in [0.15, 0.2) is 27.8 Å². The number of phenols is 1. The lowest BCUT2D eigenvalue weighted by Gasteiger charge is -2.13. The summed E-state index contributed by atoms with van der Waals surface area (Å²) in [7, 11) is 0. The van der Waals surface area contributed by atoms with E-state index in [-0.39, 0.29) is 5.75 Å². The maximum atomic E-state index is 10.6. The molecule has 1 aromatic rings. The van der Waals surface area contributed by atoms with Crippen LogP contribution in [-0.4, -0.2) is 51.6 Å². The lowest BCUT2D eigenvalue weighted by atomic mass is 10.2. The first-order valence-electron chi connectivity index (χ1n) is 5.09. The fourth-order valence-electron chi connectivity index (χ4n) is 1.22.